The first-order chi connectivity index (χ1) is 8.25. The van der Waals surface area contributed by atoms with Crippen LogP contribution in [-0.4, -0.2) is 32.2 Å². The summed E-state index contributed by atoms with van der Waals surface area (Å²) in [6, 6.07) is 2.89. The Morgan fingerprint density at radius 1 is 1.56 bits per heavy atom. The van der Waals surface area contributed by atoms with Crippen LogP contribution in [0, 0.1) is 5.82 Å². The predicted molar refractivity (Wildman–Crippen MR) is 66.3 cm³/mol. The highest BCUT2D eigenvalue weighted by molar-refractivity contribution is 7.89. The van der Waals surface area contributed by atoms with Crippen molar-refractivity contribution in [3.63, 3.8) is 0 Å². The molecule has 18 heavy (non-hydrogen) atoms. The van der Waals surface area contributed by atoms with Gasteiger partial charge in [0.05, 0.1) is 11.1 Å². The lowest BCUT2D eigenvalue weighted by atomic mass is 10.2. The van der Waals surface area contributed by atoms with Crippen molar-refractivity contribution in [3.05, 3.63) is 29.0 Å². The Balaban J connectivity index is 2.91. The average Bonchev–Trinajstić information content (AvgIpc) is 2.29. The second-order valence-electron chi connectivity index (χ2n) is 3.81. The third-order valence-corrected chi connectivity index (χ3v) is 4.07. The topological polar surface area (TPSA) is 92.4 Å². The van der Waals surface area contributed by atoms with Gasteiger partial charge in [-0.15, -0.1) is 0 Å². The number of nitrogens with one attached hydrogen (secondary N) is 1. The number of aliphatic hydroxyl groups is 1. The van der Waals surface area contributed by atoms with Crippen LogP contribution in [0.15, 0.2) is 23.1 Å². The average molecular weight is 297 g/mol. The van der Waals surface area contributed by atoms with E-state index in [1.807, 2.05) is 0 Å². The molecule has 4 N–H and O–H groups in total. The molecule has 5 nitrogen and oxygen atoms in total. The molecule has 0 fully saturated rings. The van der Waals surface area contributed by atoms with Crippen molar-refractivity contribution in [1.29, 1.82) is 0 Å². The van der Waals surface area contributed by atoms with Crippen LogP contribution in [0.5, 0.6) is 0 Å². The zero-order valence-corrected chi connectivity index (χ0v) is 11.2. The van der Waals surface area contributed by atoms with Crippen molar-refractivity contribution in [1.82, 2.24) is 4.72 Å². The summed E-state index contributed by atoms with van der Waals surface area (Å²) >= 11 is 5.50. The van der Waals surface area contributed by atoms with Crippen LogP contribution in [0.3, 0.4) is 0 Å². The first kappa shape index (κ1) is 15.3. The number of hydrogen-bond acceptors (Lipinski definition) is 4. The smallest absolute Gasteiger partial charge is 0.243 e. The molecule has 0 saturated carbocycles. The standard InChI is InChI=1S/C10H14ClFN2O3S/c1-6(15)8(13)5-14-18(16,17)9-4-2-3-7(11)10(9)12/h2-4,6,8,14-15H,5,13H2,1H3. The lowest BCUT2D eigenvalue weighted by molar-refractivity contribution is 0.164. The van der Waals surface area contributed by atoms with Crippen LogP contribution in [0.1, 0.15) is 6.92 Å². The normalized spacial score (nSPS) is 15.4. The van der Waals surface area contributed by atoms with Gasteiger partial charge in [0.15, 0.2) is 5.82 Å². The minimum absolute atomic E-state index is 0.202. The monoisotopic (exact) mass is 296 g/mol. The number of nitrogens with two attached hydrogens (primary N) is 1. The highest BCUT2D eigenvalue weighted by Crippen LogP contribution is 2.21. The number of sulfonamides is 1. The van der Waals surface area contributed by atoms with Crippen molar-refractivity contribution in [3.8, 4) is 0 Å². The number of benzene rings is 1. The van der Waals surface area contributed by atoms with Crippen LogP contribution >= 0.6 is 11.6 Å². The zero-order valence-electron chi connectivity index (χ0n) is 9.60. The lowest BCUT2D eigenvalue weighted by Crippen LogP contribution is -2.43. The minimum atomic E-state index is -4.04. The van der Waals surface area contributed by atoms with Gasteiger partial charge in [-0.2, -0.15) is 0 Å². The Morgan fingerprint density at radius 3 is 2.72 bits per heavy atom. The van der Waals surface area contributed by atoms with Crippen LogP contribution in [0.25, 0.3) is 0 Å². The molecule has 0 heterocycles. The van der Waals surface area contributed by atoms with E-state index in [0.717, 1.165) is 6.07 Å². The fraction of sp³-hybridized carbons (Fsp3) is 0.400. The van der Waals surface area contributed by atoms with Gasteiger partial charge in [-0.05, 0) is 19.1 Å². The maximum absolute atomic E-state index is 13.5. The van der Waals surface area contributed by atoms with Crippen molar-refractivity contribution >= 4 is 21.6 Å². The van der Waals surface area contributed by atoms with E-state index in [-0.39, 0.29) is 11.6 Å². The van der Waals surface area contributed by atoms with Gasteiger partial charge in [0, 0.05) is 12.6 Å². The zero-order chi connectivity index (χ0) is 13.9. The van der Waals surface area contributed by atoms with E-state index in [0.29, 0.717) is 0 Å². The number of halogens is 2. The van der Waals surface area contributed by atoms with E-state index in [9.17, 15) is 12.8 Å². The van der Waals surface area contributed by atoms with Crippen molar-refractivity contribution in [2.45, 2.75) is 24.0 Å². The molecule has 0 radical (unpaired) electrons. The van der Waals surface area contributed by atoms with Gasteiger partial charge < -0.3 is 10.8 Å². The summed E-state index contributed by atoms with van der Waals surface area (Å²) in [6.45, 7) is 1.23. The Kier molecular flexibility index (Phi) is 5.06. The number of rotatable bonds is 5. The van der Waals surface area contributed by atoms with Gasteiger partial charge >= 0.3 is 0 Å². The molecule has 0 bridgehead atoms. The Bertz CT molecular complexity index is 522. The lowest BCUT2D eigenvalue weighted by Gasteiger charge is -2.15. The second-order valence-corrected chi connectivity index (χ2v) is 5.95. The Labute approximate surface area is 110 Å². The van der Waals surface area contributed by atoms with Crippen LogP contribution in [0.2, 0.25) is 5.02 Å². The third kappa shape index (κ3) is 3.63. The number of hydrogen-bond donors (Lipinski definition) is 3. The van der Waals surface area contributed by atoms with Crippen LogP contribution in [0.4, 0.5) is 4.39 Å². The van der Waals surface area contributed by atoms with Crippen molar-refractivity contribution in [2.75, 3.05) is 6.54 Å². The molecule has 1 rings (SSSR count). The summed E-state index contributed by atoms with van der Waals surface area (Å²) < 4.78 is 39.2. The van der Waals surface area contributed by atoms with E-state index in [1.165, 1.54) is 19.1 Å². The predicted octanol–water partition coefficient (Wildman–Crippen LogP) is 0.466. The van der Waals surface area contributed by atoms with E-state index >= 15 is 0 Å². The molecule has 0 saturated heterocycles. The summed E-state index contributed by atoms with van der Waals surface area (Å²) in [7, 11) is -4.04. The largest absolute Gasteiger partial charge is 0.392 e. The van der Waals surface area contributed by atoms with E-state index in [2.05, 4.69) is 4.72 Å². The molecule has 0 aliphatic rings. The SMILES string of the molecule is CC(O)C(N)CNS(=O)(=O)c1cccc(Cl)c1F. The quantitative estimate of drug-likeness (QED) is 0.736. The maximum atomic E-state index is 13.5. The molecule has 0 amide bonds. The fourth-order valence-electron chi connectivity index (χ4n) is 1.15. The Morgan fingerprint density at radius 2 is 2.17 bits per heavy atom. The summed E-state index contributed by atoms with van der Waals surface area (Å²) in [5.41, 5.74) is 5.47. The highest BCUT2D eigenvalue weighted by atomic mass is 35.5. The molecule has 8 heteroatoms. The molecule has 1 aromatic rings. The first-order valence-electron chi connectivity index (χ1n) is 5.13. The van der Waals surface area contributed by atoms with Gasteiger partial charge in [-0.1, -0.05) is 17.7 Å². The van der Waals surface area contributed by atoms with E-state index in [1.54, 1.807) is 0 Å². The fourth-order valence-corrected chi connectivity index (χ4v) is 2.55. The van der Waals surface area contributed by atoms with Crippen molar-refractivity contribution in [2.24, 2.45) is 5.73 Å². The van der Waals surface area contributed by atoms with Gasteiger partial charge in [-0.25, -0.2) is 17.5 Å². The molecular weight excluding hydrogens is 283 g/mol. The van der Waals surface area contributed by atoms with Gasteiger partial charge in [0.25, 0.3) is 0 Å². The summed E-state index contributed by atoms with van der Waals surface area (Å²) in [5.74, 6) is -1.02. The molecule has 1 aromatic carbocycles. The van der Waals surface area contributed by atoms with E-state index in [4.69, 9.17) is 22.4 Å². The minimum Gasteiger partial charge on any atom is -0.392 e. The first-order valence-corrected chi connectivity index (χ1v) is 6.99. The van der Waals surface area contributed by atoms with Crippen LogP contribution < -0.4 is 10.5 Å². The van der Waals surface area contributed by atoms with Gasteiger partial charge in [-0.3, -0.25) is 0 Å². The maximum Gasteiger partial charge on any atom is 0.243 e. The second kappa shape index (κ2) is 5.94. The molecule has 0 aliphatic carbocycles. The molecular formula is C10H14ClFN2O3S. The number of aliphatic hydroxyl groups excluding tert-OH is 1. The summed E-state index contributed by atoms with van der Waals surface area (Å²) in [4.78, 5) is -0.548. The molecule has 102 valence electrons. The van der Waals surface area contributed by atoms with Gasteiger partial charge in [0.2, 0.25) is 10.0 Å². The van der Waals surface area contributed by atoms with Crippen molar-refractivity contribution < 1.29 is 17.9 Å². The van der Waals surface area contributed by atoms with Crippen LogP contribution in [-0.2, 0) is 10.0 Å². The Hall–Kier alpha value is -0.730. The molecule has 0 aliphatic heterocycles. The molecule has 2 atom stereocenters. The summed E-state index contributed by atoms with van der Waals surface area (Å²) in [5, 5.41) is 8.85. The summed E-state index contributed by atoms with van der Waals surface area (Å²) in [6.07, 6.45) is -0.878. The van der Waals surface area contributed by atoms with Gasteiger partial charge in [0.1, 0.15) is 4.90 Å². The third-order valence-electron chi connectivity index (χ3n) is 2.33. The highest BCUT2D eigenvalue weighted by Gasteiger charge is 2.22. The van der Waals surface area contributed by atoms with E-state index < -0.39 is 32.9 Å². The molecule has 2 unspecified atom stereocenters. The molecule has 0 aromatic heterocycles. The molecule has 0 spiro atoms.